The van der Waals surface area contributed by atoms with Gasteiger partial charge in [-0.3, -0.25) is 4.79 Å². The highest BCUT2D eigenvalue weighted by molar-refractivity contribution is 7.89. The Kier molecular flexibility index (Phi) is 6.01. The van der Waals surface area contributed by atoms with Gasteiger partial charge in [-0.2, -0.15) is 0 Å². The summed E-state index contributed by atoms with van der Waals surface area (Å²) in [7, 11) is -3.56. The molecule has 3 aromatic carbocycles. The topological polar surface area (TPSA) is 84.5 Å². The van der Waals surface area contributed by atoms with Crippen LogP contribution in [0.5, 0.6) is 5.75 Å². The standard InChI is InChI=1S/C23H21FN2O4S/c24-18-4-2-6-21(14-18)30-15-16-3-1-5-20(13-16)25-23(27)17-7-11-22(12-8-17)31(28,29)26-19-9-10-19/h1-8,11-14,19,26H,9-10,15H2,(H,25,27). The van der Waals surface area contributed by atoms with Crippen LogP contribution in [0.2, 0.25) is 0 Å². The highest BCUT2D eigenvalue weighted by Crippen LogP contribution is 2.22. The molecule has 1 aliphatic rings. The fourth-order valence-electron chi connectivity index (χ4n) is 2.94. The molecule has 0 saturated heterocycles. The van der Waals surface area contributed by atoms with Gasteiger partial charge < -0.3 is 10.1 Å². The van der Waals surface area contributed by atoms with E-state index in [1.165, 1.54) is 36.4 Å². The van der Waals surface area contributed by atoms with Crippen LogP contribution >= 0.6 is 0 Å². The molecule has 0 atom stereocenters. The lowest BCUT2D eigenvalue weighted by molar-refractivity contribution is 0.102. The molecule has 0 bridgehead atoms. The van der Waals surface area contributed by atoms with Crippen molar-refractivity contribution < 1.29 is 22.3 Å². The van der Waals surface area contributed by atoms with Crippen LogP contribution in [0.1, 0.15) is 28.8 Å². The second kappa shape index (κ2) is 8.87. The summed E-state index contributed by atoms with van der Waals surface area (Å²) in [5, 5.41) is 2.79. The Balaban J connectivity index is 1.38. The molecule has 31 heavy (non-hydrogen) atoms. The molecule has 0 aliphatic heterocycles. The Hall–Kier alpha value is -3.23. The van der Waals surface area contributed by atoms with Gasteiger partial charge in [0.2, 0.25) is 10.0 Å². The van der Waals surface area contributed by atoms with E-state index in [2.05, 4.69) is 10.0 Å². The minimum atomic E-state index is -3.56. The summed E-state index contributed by atoms with van der Waals surface area (Å²) in [6.45, 7) is 0.216. The van der Waals surface area contributed by atoms with Crippen molar-refractivity contribution in [3.05, 3.63) is 89.7 Å². The molecule has 1 saturated carbocycles. The number of hydrogen-bond acceptors (Lipinski definition) is 4. The first kappa shape index (κ1) is 21.0. The molecule has 8 heteroatoms. The van der Waals surface area contributed by atoms with E-state index < -0.39 is 10.0 Å². The van der Waals surface area contributed by atoms with Crippen LogP contribution in [0.4, 0.5) is 10.1 Å². The van der Waals surface area contributed by atoms with E-state index >= 15 is 0 Å². The molecule has 0 aromatic heterocycles. The highest BCUT2D eigenvalue weighted by atomic mass is 32.2. The summed E-state index contributed by atoms with van der Waals surface area (Å²) in [5.41, 5.74) is 1.71. The SMILES string of the molecule is O=C(Nc1cccc(COc2cccc(F)c2)c1)c1ccc(S(=O)(=O)NC2CC2)cc1. The lowest BCUT2D eigenvalue weighted by Crippen LogP contribution is -2.25. The zero-order chi connectivity index (χ0) is 21.8. The van der Waals surface area contributed by atoms with Crippen molar-refractivity contribution in [1.29, 1.82) is 0 Å². The highest BCUT2D eigenvalue weighted by Gasteiger charge is 2.27. The normalized spacial score (nSPS) is 13.6. The third-order valence-electron chi connectivity index (χ3n) is 4.71. The predicted molar refractivity (Wildman–Crippen MR) is 115 cm³/mol. The number of rotatable bonds is 8. The lowest BCUT2D eigenvalue weighted by Gasteiger charge is -2.10. The number of halogens is 1. The first-order chi connectivity index (χ1) is 14.9. The summed E-state index contributed by atoms with van der Waals surface area (Å²) < 4.78 is 45.9. The quantitative estimate of drug-likeness (QED) is 0.552. The monoisotopic (exact) mass is 440 g/mol. The van der Waals surface area contributed by atoms with E-state index in [-0.39, 0.29) is 29.3 Å². The second-order valence-corrected chi connectivity index (χ2v) is 9.03. The molecule has 1 fully saturated rings. The van der Waals surface area contributed by atoms with Crippen LogP contribution in [-0.2, 0) is 16.6 Å². The molecule has 0 unspecified atom stereocenters. The van der Waals surface area contributed by atoms with Gasteiger partial charge in [-0.15, -0.1) is 0 Å². The number of hydrogen-bond donors (Lipinski definition) is 2. The van der Waals surface area contributed by atoms with Crippen LogP contribution in [0.3, 0.4) is 0 Å². The summed E-state index contributed by atoms with van der Waals surface area (Å²) in [5.74, 6) is -0.316. The van der Waals surface area contributed by atoms with E-state index in [1.807, 2.05) is 6.07 Å². The molecule has 2 N–H and O–H groups in total. The fourth-order valence-corrected chi connectivity index (χ4v) is 4.24. The molecule has 0 spiro atoms. The minimum Gasteiger partial charge on any atom is -0.489 e. The number of carbonyl (C=O) groups is 1. The van der Waals surface area contributed by atoms with Crippen molar-refractivity contribution >= 4 is 21.6 Å². The Morgan fingerprint density at radius 2 is 1.74 bits per heavy atom. The number of ether oxygens (including phenoxy) is 1. The first-order valence-corrected chi connectivity index (χ1v) is 11.3. The molecular weight excluding hydrogens is 419 g/mol. The van der Waals surface area contributed by atoms with E-state index in [4.69, 9.17) is 4.74 Å². The Bertz CT molecular complexity index is 1190. The Morgan fingerprint density at radius 3 is 2.45 bits per heavy atom. The summed E-state index contributed by atoms with van der Waals surface area (Å²) in [6.07, 6.45) is 1.71. The minimum absolute atomic E-state index is 0.0187. The Morgan fingerprint density at radius 1 is 1.00 bits per heavy atom. The summed E-state index contributed by atoms with van der Waals surface area (Å²) in [4.78, 5) is 12.7. The van der Waals surface area contributed by atoms with Crippen LogP contribution in [-0.4, -0.2) is 20.4 Å². The molecule has 0 heterocycles. The largest absolute Gasteiger partial charge is 0.489 e. The molecule has 1 aliphatic carbocycles. The van der Waals surface area contributed by atoms with Gasteiger partial charge in [0.25, 0.3) is 5.91 Å². The molecule has 1 amide bonds. The summed E-state index contributed by atoms with van der Waals surface area (Å²) in [6, 6.07) is 18.8. The van der Waals surface area contributed by atoms with Crippen molar-refractivity contribution in [2.45, 2.75) is 30.4 Å². The van der Waals surface area contributed by atoms with Crippen molar-refractivity contribution in [3.63, 3.8) is 0 Å². The van der Waals surface area contributed by atoms with Crippen LogP contribution in [0, 0.1) is 5.82 Å². The van der Waals surface area contributed by atoms with Gasteiger partial charge in [0.1, 0.15) is 18.2 Å². The third kappa shape index (κ3) is 5.68. The number of anilines is 1. The Labute approximate surface area is 180 Å². The van der Waals surface area contributed by atoms with E-state index in [9.17, 15) is 17.6 Å². The van der Waals surface area contributed by atoms with Crippen LogP contribution in [0.25, 0.3) is 0 Å². The number of sulfonamides is 1. The van der Waals surface area contributed by atoms with Gasteiger partial charge in [-0.1, -0.05) is 18.2 Å². The number of benzene rings is 3. The molecule has 4 rings (SSSR count). The zero-order valence-corrected chi connectivity index (χ0v) is 17.4. The second-order valence-electron chi connectivity index (χ2n) is 7.32. The van der Waals surface area contributed by atoms with Crippen molar-refractivity contribution in [2.24, 2.45) is 0 Å². The van der Waals surface area contributed by atoms with Gasteiger partial charge in [0.05, 0.1) is 4.90 Å². The van der Waals surface area contributed by atoms with Crippen molar-refractivity contribution in [1.82, 2.24) is 4.72 Å². The third-order valence-corrected chi connectivity index (χ3v) is 6.25. The predicted octanol–water partition coefficient (Wildman–Crippen LogP) is 4.10. The molecular formula is C23H21FN2O4S. The summed E-state index contributed by atoms with van der Waals surface area (Å²) >= 11 is 0. The van der Waals surface area contributed by atoms with Gasteiger partial charge >= 0.3 is 0 Å². The van der Waals surface area contributed by atoms with Gasteiger partial charge in [0.15, 0.2) is 0 Å². The first-order valence-electron chi connectivity index (χ1n) is 9.80. The molecule has 3 aromatic rings. The van der Waals surface area contributed by atoms with Gasteiger partial charge in [-0.05, 0) is 66.9 Å². The van der Waals surface area contributed by atoms with Crippen LogP contribution in [0.15, 0.2) is 77.7 Å². The van der Waals surface area contributed by atoms with Crippen molar-refractivity contribution in [3.8, 4) is 5.75 Å². The molecule has 6 nitrogen and oxygen atoms in total. The van der Waals surface area contributed by atoms with E-state index in [0.717, 1.165) is 18.4 Å². The number of carbonyl (C=O) groups excluding carboxylic acids is 1. The van der Waals surface area contributed by atoms with Gasteiger partial charge in [-0.25, -0.2) is 17.5 Å². The van der Waals surface area contributed by atoms with E-state index in [1.54, 1.807) is 30.3 Å². The van der Waals surface area contributed by atoms with Gasteiger partial charge in [0, 0.05) is 23.4 Å². The maximum Gasteiger partial charge on any atom is 0.255 e. The smallest absolute Gasteiger partial charge is 0.255 e. The fraction of sp³-hybridized carbons (Fsp3) is 0.174. The number of nitrogens with one attached hydrogen (secondary N) is 2. The average Bonchev–Trinajstić information content (AvgIpc) is 3.56. The van der Waals surface area contributed by atoms with E-state index in [0.29, 0.717) is 17.0 Å². The maximum absolute atomic E-state index is 13.2. The molecule has 0 radical (unpaired) electrons. The zero-order valence-electron chi connectivity index (χ0n) is 16.5. The number of amides is 1. The van der Waals surface area contributed by atoms with Crippen molar-refractivity contribution in [2.75, 3.05) is 5.32 Å². The molecule has 160 valence electrons. The lowest BCUT2D eigenvalue weighted by atomic mass is 10.2. The van der Waals surface area contributed by atoms with Crippen LogP contribution < -0.4 is 14.8 Å². The maximum atomic E-state index is 13.2. The average molecular weight is 440 g/mol.